The molecule has 0 saturated carbocycles. The van der Waals surface area contributed by atoms with Crippen molar-refractivity contribution in [2.24, 2.45) is 0 Å². The smallest absolute Gasteiger partial charge is 0.332 e. The minimum absolute atomic E-state index is 0.129. The second-order valence-corrected chi connectivity index (χ2v) is 9.73. The maximum Gasteiger partial charge on any atom is 0.332 e. The zero-order valence-corrected chi connectivity index (χ0v) is 18.2. The van der Waals surface area contributed by atoms with Crippen LogP contribution in [0.3, 0.4) is 0 Å². The number of esters is 1. The Balaban J connectivity index is 1.71. The maximum atomic E-state index is 12.2. The number of fused-ring (bicyclic) bond motifs is 3. The van der Waals surface area contributed by atoms with Gasteiger partial charge in [0.1, 0.15) is 0 Å². The lowest BCUT2D eigenvalue weighted by atomic mass is 9.81. The molecule has 3 heterocycles. The van der Waals surface area contributed by atoms with Gasteiger partial charge in [-0.3, -0.25) is 4.90 Å². The van der Waals surface area contributed by atoms with Crippen molar-refractivity contribution >= 4 is 5.97 Å². The molecule has 0 spiro atoms. The molecular weight excluding hydrogens is 358 g/mol. The molecule has 1 unspecified atom stereocenters. The number of rotatable bonds is 0. The molecule has 3 nitrogen and oxygen atoms in total. The van der Waals surface area contributed by atoms with Crippen LogP contribution in [0.5, 0.6) is 0 Å². The van der Waals surface area contributed by atoms with Crippen LogP contribution in [0.1, 0.15) is 65.0 Å². The standard InChI is InChI=1S/C26H31NO2/c1-18-16-20(12-9-19-10-13-21(14-11-19)25(2,3)4)22-17-24(28)29-26(22,5)23-8-6-7-15-27(18)23/h10-11,13-14,16-18,23H,6-8,15H2,1-5H3/t18-,23?,26-/m0/s1. The van der Waals surface area contributed by atoms with Crippen molar-refractivity contribution in [2.75, 3.05) is 6.54 Å². The van der Waals surface area contributed by atoms with Gasteiger partial charge in [-0.05, 0) is 56.3 Å². The van der Waals surface area contributed by atoms with Gasteiger partial charge in [0.15, 0.2) is 5.60 Å². The largest absolute Gasteiger partial charge is 0.450 e. The van der Waals surface area contributed by atoms with E-state index in [1.165, 1.54) is 18.4 Å². The van der Waals surface area contributed by atoms with E-state index in [2.05, 4.69) is 81.7 Å². The number of nitrogens with zero attached hydrogens (tertiary/aromatic N) is 1. The summed E-state index contributed by atoms with van der Waals surface area (Å²) in [5, 5.41) is 0. The topological polar surface area (TPSA) is 29.5 Å². The number of hydrogen-bond acceptors (Lipinski definition) is 3. The minimum Gasteiger partial charge on any atom is -0.450 e. The van der Waals surface area contributed by atoms with Crippen molar-refractivity contribution in [1.82, 2.24) is 4.90 Å². The SMILES string of the molecule is C[C@H]1C=C(C#Cc2ccc(C(C)(C)C)cc2)C2=CC(=O)O[C@]2(C)C2CCCCN21. The third-order valence-corrected chi connectivity index (χ3v) is 6.60. The van der Waals surface area contributed by atoms with E-state index in [-0.39, 0.29) is 23.5 Å². The average Bonchev–Trinajstić information content (AvgIpc) is 2.96. The number of ether oxygens (including phenoxy) is 1. The normalized spacial score (nSPS) is 29.5. The molecule has 1 aromatic carbocycles. The summed E-state index contributed by atoms with van der Waals surface area (Å²) in [6, 6.07) is 8.96. The first-order chi connectivity index (χ1) is 13.7. The molecule has 3 aliphatic heterocycles. The Hall–Kier alpha value is -2.31. The predicted molar refractivity (Wildman–Crippen MR) is 116 cm³/mol. The van der Waals surface area contributed by atoms with Crippen molar-refractivity contribution in [3.8, 4) is 11.8 Å². The third kappa shape index (κ3) is 3.67. The van der Waals surface area contributed by atoms with E-state index < -0.39 is 5.60 Å². The molecule has 0 aromatic heterocycles. The average molecular weight is 390 g/mol. The summed E-state index contributed by atoms with van der Waals surface area (Å²) < 4.78 is 5.90. The summed E-state index contributed by atoms with van der Waals surface area (Å²) in [6.45, 7) is 12.0. The lowest BCUT2D eigenvalue weighted by molar-refractivity contribution is -0.151. The highest BCUT2D eigenvalue weighted by atomic mass is 16.6. The molecule has 0 N–H and O–H groups in total. The number of carbonyl (C=O) groups is 1. The number of benzene rings is 1. The molecule has 3 heteroatoms. The van der Waals surface area contributed by atoms with E-state index >= 15 is 0 Å². The Kier molecular flexibility index (Phi) is 4.95. The van der Waals surface area contributed by atoms with Crippen LogP contribution in [0, 0.1) is 11.8 Å². The van der Waals surface area contributed by atoms with Gasteiger partial charge < -0.3 is 4.74 Å². The van der Waals surface area contributed by atoms with E-state index in [0.29, 0.717) is 0 Å². The Morgan fingerprint density at radius 2 is 1.86 bits per heavy atom. The van der Waals surface area contributed by atoms with Gasteiger partial charge in [-0.15, -0.1) is 0 Å². The first kappa shape index (κ1) is 20.0. The van der Waals surface area contributed by atoms with Crippen LogP contribution in [-0.2, 0) is 14.9 Å². The minimum atomic E-state index is -0.612. The van der Waals surface area contributed by atoms with E-state index in [4.69, 9.17) is 4.74 Å². The van der Waals surface area contributed by atoms with Gasteiger partial charge in [0.25, 0.3) is 0 Å². The first-order valence-electron chi connectivity index (χ1n) is 10.7. The molecule has 152 valence electrons. The highest BCUT2D eigenvalue weighted by Gasteiger charge is 2.51. The zero-order valence-electron chi connectivity index (χ0n) is 18.2. The van der Waals surface area contributed by atoms with Gasteiger partial charge in [-0.2, -0.15) is 0 Å². The lowest BCUT2D eigenvalue weighted by Gasteiger charge is -2.45. The fourth-order valence-electron chi connectivity index (χ4n) is 4.91. The summed E-state index contributed by atoms with van der Waals surface area (Å²) in [5.74, 6) is 6.45. The highest BCUT2D eigenvalue weighted by molar-refractivity contribution is 5.89. The molecule has 4 rings (SSSR count). The van der Waals surface area contributed by atoms with Crippen molar-refractivity contribution in [3.05, 3.63) is 58.7 Å². The summed E-state index contributed by atoms with van der Waals surface area (Å²) >= 11 is 0. The van der Waals surface area contributed by atoms with Crippen LogP contribution >= 0.6 is 0 Å². The van der Waals surface area contributed by atoms with Gasteiger partial charge in [0.2, 0.25) is 0 Å². The van der Waals surface area contributed by atoms with Crippen LogP contribution in [0.25, 0.3) is 0 Å². The van der Waals surface area contributed by atoms with Crippen LogP contribution in [0.4, 0.5) is 0 Å². The zero-order chi connectivity index (χ0) is 20.8. The Morgan fingerprint density at radius 1 is 1.14 bits per heavy atom. The summed E-state index contributed by atoms with van der Waals surface area (Å²) in [4.78, 5) is 14.7. The van der Waals surface area contributed by atoms with Crippen molar-refractivity contribution in [3.63, 3.8) is 0 Å². The molecule has 0 amide bonds. The molecule has 1 aromatic rings. The number of piperidine rings is 1. The van der Waals surface area contributed by atoms with Crippen LogP contribution in [0.15, 0.2) is 47.6 Å². The fraction of sp³-hybridized carbons (Fsp3) is 0.500. The molecule has 0 bridgehead atoms. The van der Waals surface area contributed by atoms with E-state index in [1.54, 1.807) is 6.08 Å². The molecular formula is C26H31NO2. The van der Waals surface area contributed by atoms with Gasteiger partial charge in [-0.25, -0.2) is 4.79 Å². The number of hydrogen-bond donors (Lipinski definition) is 0. The molecule has 29 heavy (non-hydrogen) atoms. The van der Waals surface area contributed by atoms with Gasteiger partial charge >= 0.3 is 5.97 Å². The first-order valence-corrected chi connectivity index (χ1v) is 10.7. The molecule has 1 saturated heterocycles. The van der Waals surface area contributed by atoms with Crippen molar-refractivity contribution < 1.29 is 9.53 Å². The predicted octanol–water partition coefficient (Wildman–Crippen LogP) is 4.76. The van der Waals surface area contributed by atoms with Gasteiger partial charge in [0.05, 0.1) is 6.04 Å². The third-order valence-electron chi connectivity index (χ3n) is 6.60. The van der Waals surface area contributed by atoms with Crippen LogP contribution in [0.2, 0.25) is 0 Å². The van der Waals surface area contributed by atoms with Crippen LogP contribution in [-0.4, -0.2) is 35.1 Å². The second kappa shape index (κ2) is 7.18. The Bertz CT molecular complexity index is 936. The molecule has 0 radical (unpaired) electrons. The fourth-order valence-corrected chi connectivity index (χ4v) is 4.91. The van der Waals surface area contributed by atoms with Crippen LogP contribution < -0.4 is 0 Å². The van der Waals surface area contributed by atoms with Gasteiger partial charge in [0, 0.05) is 28.8 Å². The Labute approximate surface area is 174 Å². The highest BCUT2D eigenvalue weighted by Crippen LogP contribution is 2.44. The van der Waals surface area contributed by atoms with Crippen molar-refractivity contribution in [2.45, 2.75) is 77.0 Å². The van der Waals surface area contributed by atoms with Crippen molar-refractivity contribution in [1.29, 1.82) is 0 Å². The van der Waals surface area contributed by atoms with E-state index in [0.717, 1.165) is 29.7 Å². The summed E-state index contributed by atoms with van der Waals surface area (Å²) in [6.07, 6.45) is 7.30. The quantitative estimate of drug-likeness (QED) is 0.473. The number of carbonyl (C=O) groups excluding carboxylic acids is 1. The van der Waals surface area contributed by atoms with E-state index in [9.17, 15) is 4.79 Å². The monoisotopic (exact) mass is 389 g/mol. The molecule has 3 aliphatic rings. The van der Waals surface area contributed by atoms with E-state index in [1.807, 2.05) is 0 Å². The van der Waals surface area contributed by atoms with Gasteiger partial charge in [-0.1, -0.05) is 57.2 Å². The maximum absolute atomic E-state index is 12.2. The Morgan fingerprint density at radius 3 is 2.55 bits per heavy atom. The lowest BCUT2D eigenvalue weighted by Crippen LogP contribution is -2.55. The molecule has 3 atom stereocenters. The summed E-state index contributed by atoms with van der Waals surface area (Å²) in [7, 11) is 0. The second-order valence-electron chi connectivity index (χ2n) is 9.73. The molecule has 0 aliphatic carbocycles. The summed E-state index contributed by atoms with van der Waals surface area (Å²) in [5.41, 5.74) is 3.68. The molecule has 1 fully saturated rings.